The first-order chi connectivity index (χ1) is 6.88. The second-order valence-electron chi connectivity index (χ2n) is 3.56. The number of ether oxygens (including phenoxy) is 1. The van der Waals surface area contributed by atoms with Gasteiger partial charge in [0.15, 0.2) is 0 Å². The SMILES string of the molecule is COc1cccc(CN2CCNC2)c1. The summed E-state index contributed by atoms with van der Waals surface area (Å²) in [4.78, 5) is 2.38. The van der Waals surface area contributed by atoms with Gasteiger partial charge in [-0.3, -0.25) is 4.90 Å². The lowest BCUT2D eigenvalue weighted by Crippen LogP contribution is -2.21. The minimum Gasteiger partial charge on any atom is -0.497 e. The first kappa shape index (κ1) is 9.49. The monoisotopic (exact) mass is 192 g/mol. The fraction of sp³-hybridized carbons (Fsp3) is 0.455. The summed E-state index contributed by atoms with van der Waals surface area (Å²) in [6.45, 7) is 4.24. The maximum absolute atomic E-state index is 5.19. The Bertz CT molecular complexity index is 295. The minimum atomic E-state index is 0.939. The van der Waals surface area contributed by atoms with Crippen molar-refractivity contribution in [1.82, 2.24) is 10.2 Å². The van der Waals surface area contributed by atoms with Crippen LogP contribution in [0.3, 0.4) is 0 Å². The van der Waals surface area contributed by atoms with Gasteiger partial charge in [-0.05, 0) is 17.7 Å². The summed E-state index contributed by atoms with van der Waals surface area (Å²) in [6.07, 6.45) is 0. The van der Waals surface area contributed by atoms with Crippen LogP contribution >= 0.6 is 0 Å². The molecule has 1 saturated heterocycles. The molecule has 0 unspecified atom stereocenters. The Balaban J connectivity index is 2.00. The molecule has 2 rings (SSSR count). The summed E-state index contributed by atoms with van der Waals surface area (Å²) in [5.74, 6) is 0.939. The maximum atomic E-state index is 5.19. The molecule has 1 aromatic carbocycles. The smallest absolute Gasteiger partial charge is 0.119 e. The average Bonchev–Trinajstić information content (AvgIpc) is 2.71. The highest BCUT2D eigenvalue weighted by atomic mass is 16.5. The Hall–Kier alpha value is -1.06. The molecule has 0 saturated carbocycles. The third kappa shape index (κ3) is 2.25. The third-order valence-corrected chi connectivity index (χ3v) is 2.48. The van der Waals surface area contributed by atoms with Gasteiger partial charge < -0.3 is 10.1 Å². The van der Waals surface area contributed by atoms with Crippen LogP contribution in [0, 0.1) is 0 Å². The van der Waals surface area contributed by atoms with E-state index in [1.165, 1.54) is 5.56 Å². The normalized spacial score (nSPS) is 17.2. The molecule has 0 spiro atoms. The minimum absolute atomic E-state index is 0.939. The molecule has 0 atom stereocenters. The van der Waals surface area contributed by atoms with Crippen LogP contribution in [0.2, 0.25) is 0 Å². The van der Waals surface area contributed by atoms with Crippen molar-refractivity contribution >= 4 is 0 Å². The van der Waals surface area contributed by atoms with Gasteiger partial charge in [-0.1, -0.05) is 12.1 Å². The van der Waals surface area contributed by atoms with Crippen molar-refractivity contribution in [3.05, 3.63) is 29.8 Å². The van der Waals surface area contributed by atoms with Crippen molar-refractivity contribution < 1.29 is 4.74 Å². The summed E-state index contributed by atoms with van der Waals surface area (Å²) < 4.78 is 5.19. The van der Waals surface area contributed by atoms with E-state index in [0.29, 0.717) is 0 Å². The Morgan fingerprint density at radius 1 is 1.50 bits per heavy atom. The standard InChI is InChI=1S/C11H16N2O/c1-14-11-4-2-3-10(7-11)8-13-6-5-12-9-13/h2-4,7,12H,5-6,8-9H2,1H3. The van der Waals surface area contributed by atoms with Gasteiger partial charge in [0.25, 0.3) is 0 Å². The highest BCUT2D eigenvalue weighted by Gasteiger charge is 2.10. The average molecular weight is 192 g/mol. The zero-order valence-electron chi connectivity index (χ0n) is 8.49. The number of nitrogens with one attached hydrogen (secondary N) is 1. The van der Waals surface area contributed by atoms with Crippen molar-refractivity contribution in [2.45, 2.75) is 6.54 Å². The van der Waals surface area contributed by atoms with E-state index in [1.807, 2.05) is 12.1 Å². The van der Waals surface area contributed by atoms with Gasteiger partial charge in [0.2, 0.25) is 0 Å². The molecule has 14 heavy (non-hydrogen) atoms. The topological polar surface area (TPSA) is 24.5 Å². The molecular weight excluding hydrogens is 176 g/mol. The molecule has 1 fully saturated rings. The predicted molar refractivity (Wildman–Crippen MR) is 56.3 cm³/mol. The van der Waals surface area contributed by atoms with Crippen LogP contribution in [-0.2, 0) is 6.54 Å². The Labute approximate surface area is 84.7 Å². The Morgan fingerprint density at radius 2 is 2.43 bits per heavy atom. The van der Waals surface area contributed by atoms with E-state index in [-0.39, 0.29) is 0 Å². The maximum Gasteiger partial charge on any atom is 0.119 e. The molecule has 0 aliphatic carbocycles. The van der Waals surface area contributed by atoms with E-state index in [1.54, 1.807) is 7.11 Å². The number of benzene rings is 1. The van der Waals surface area contributed by atoms with Crippen molar-refractivity contribution in [2.24, 2.45) is 0 Å². The van der Waals surface area contributed by atoms with Crippen LogP contribution in [0.1, 0.15) is 5.56 Å². The van der Waals surface area contributed by atoms with E-state index in [9.17, 15) is 0 Å². The van der Waals surface area contributed by atoms with E-state index in [2.05, 4.69) is 22.3 Å². The quantitative estimate of drug-likeness (QED) is 0.775. The number of rotatable bonds is 3. The number of methoxy groups -OCH3 is 1. The van der Waals surface area contributed by atoms with Crippen LogP contribution in [-0.4, -0.2) is 31.8 Å². The number of hydrogen-bond acceptors (Lipinski definition) is 3. The van der Waals surface area contributed by atoms with Crippen LogP contribution in [0.4, 0.5) is 0 Å². The first-order valence-electron chi connectivity index (χ1n) is 4.94. The van der Waals surface area contributed by atoms with Gasteiger partial charge in [-0.25, -0.2) is 0 Å². The summed E-state index contributed by atoms with van der Waals surface area (Å²) in [5.41, 5.74) is 1.31. The molecule has 1 aliphatic rings. The van der Waals surface area contributed by atoms with Crippen LogP contribution in [0.5, 0.6) is 5.75 Å². The summed E-state index contributed by atoms with van der Waals surface area (Å²) in [5, 5.41) is 3.32. The highest BCUT2D eigenvalue weighted by Crippen LogP contribution is 2.14. The fourth-order valence-corrected chi connectivity index (χ4v) is 1.72. The van der Waals surface area contributed by atoms with E-state index < -0.39 is 0 Å². The Morgan fingerprint density at radius 3 is 3.14 bits per heavy atom. The molecule has 1 N–H and O–H groups in total. The zero-order valence-corrected chi connectivity index (χ0v) is 8.49. The Kier molecular flexibility index (Phi) is 3.01. The number of nitrogens with zero attached hydrogens (tertiary/aromatic N) is 1. The largest absolute Gasteiger partial charge is 0.497 e. The van der Waals surface area contributed by atoms with E-state index >= 15 is 0 Å². The van der Waals surface area contributed by atoms with Crippen molar-refractivity contribution in [1.29, 1.82) is 0 Å². The molecule has 0 amide bonds. The lowest BCUT2D eigenvalue weighted by molar-refractivity contribution is 0.326. The van der Waals surface area contributed by atoms with Gasteiger partial charge >= 0.3 is 0 Å². The summed E-state index contributed by atoms with van der Waals surface area (Å²) in [6, 6.07) is 8.25. The first-order valence-corrected chi connectivity index (χ1v) is 4.94. The second-order valence-corrected chi connectivity index (χ2v) is 3.56. The van der Waals surface area contributed by atoms with Gasteiger partial charge in [0.05, 0.1) is 7.11 Å². The van der Waals surface area contributed by atoms with Gasteiger partial charge in [-0.2, -0.15) is 0 Å². The lowest BCUT2D eigenvalue weighted by atomic mass is 10.2. The molecule has 0 radical (unpaired) electrons. The molecule has 76 valence electrons. The van der Waals surface area contributed by atoms with Gasteiger partial charge in [0.1, 0.15) is 5.75 Å². The molecule has 0 aromatic heterocycles. The van der Waals surface area contributed by atoms with Crippen molar-refractivity contribution in [2.75, 3.05) is 26.9 Å². The zero-order chi connectivity index (χ0) is 9.80. The molecule has 1 heterocycles. The highest BCUT2D eigenvalue weighted by molar-refractivity contribution is 5.28. The molecule has 1 aliphatic heterocycles. The van der Waals surface area contributed by atoms with Gasteiger partial charge in [0, 0.05) is 26.3 Å². The van der Waals surface area contributed by atoms with E-state index in [0.717, 1.165) is 32.1 Å². The molecule has 0 bridgehead atoms. The third-order valence-electron chi connectivity index (χ3n) is 2.48. The van der Waals surface area contributed by atoms with E-state index in [4.69, 9.17) is 4.74 Å². The van der Waals surface area contributed by atoms with Crippen LogP contribution < -0.4 is 10.1 Å². The van der Waals surface area contributed by atoms with Crippen molar-refractivity contribution in [3.63, 3.8) is 0 Å². The molecule has 1 aromatic rings. The second kappa shape index (κ2) is 4.44. The molecule has 3 nitrogen and oxygen atoms in total. The van der Waals surface area contributed by atoms with Crippen LogP contribution in [0.15, 0.2) is 24.3 Å². The van der Waals surface area contributed by atoms with Gasteiger partial charge in [-0.15, -0.1) is 0 Å². The van der Waals surface area contributed by atoms with Crippen molar-refractivity contribution in [3.8, 4) is 5.75 Å². The summed E-state index contributed by atoms with van der Waals surface area (Å²) >= 11 is 0. The summed E-state index contributed by atoms with van der Waals surface area (Å²) in [7, 11) is 1.70. The molecule has 3 heteroatoms. The molecular formula is C11H16N2O. The lowest BCUT2D eigenvalue weighted by Gasteiger charge is -2.13. The predicted octanol–water partition coefficient (Wildman–Crippen LogP) is 1.06. The van der Waals surface area contributed by atoms with Crippen LogP contribution in [0.25, 0.3) is 0 Å². The fourth-order valence-electron chi connectivity index (χ4n) is 1.72. The number of hydrogen-bond donors (Lipinski definition) is 1.